The topological polar surface area (TPSA) is 30.7 Å². The van der Waals surface area contributed by atoms with E-state index in [0.717, 1.165) is 41.0 Å². The van der Waals surface area contributed by atoms with Gasteiger partial charge in [0, 0.05) is 37.2 Å². The molecule has 0 amide bonds. The number of fused-ring (bicyclic) bond motifs is 5. The first-order chi connectivity index (χ1) is 18.8. The summed E-state index contributed by atoms with van der Waals surface area (Å²) in [4.78, 5) is 10.5. The second-order valence-electron chi connectivity index (χ2n) is 10.1. The summed E-state index contributed by atoms with van der Waals surface area (Å²) in [7, 11) is 0. The highest BCUT2D eigenvalue weighted by molar-refractivity contribution is 7.26. The Labute approximate surface area is 222 Å². The van der Waals surface area contributed by atoms with Crippen molar-refractivity contribution in [2.75, 3.05) is 0 Å². The molecule has 1 aliphatic carbocycles. The van der Waals surface area contributed by atoms with Crippen LogP contribution in [-0.2, 0) is 12.8 Å². The Bertz CT molecular complexity index is 2240. The lowest BCUT2D eigenvalue weighted by molar-refractivity contribution is 0.971. The Kier molecular flexibility index (Phi) is 4.05. The van der Waals surface area contributed by atoms with Crippen molar-refractivity contribution >= 4 is 64.2 Å². The van der Waals surface area contributed by atoms with Gasteiger partial charge in [0.1, 0.15) is 0 Å². The second-order valence-corrected chi connectivity index (χ2v) is 11.2. The molecule has 0 N–H and O–H groups in total. The van der Waals surface area contributed by atoms with Crippen LogP contribution < -0.4 is 0 Å². The molecule has 3 nitrogen and oxygen atoms in total. The SMILES string of the molecule is c1ccc(-c2nc(-n3c4cccc5c4c4c(cc6c7ccccc7sc6c43)CC5)nc3ccccc23)cc1. The fourth-order valence-corrected chi connectivity index (χ4v) is 7.66. The number of aryl methyl sites for hydroxylation is 2. The third-order valence-electron chi connectivity index (χ3n) is 8.07. The Morgan fingerprint density at radius 2 is 1.42 bits per heavy atom. The quantitative estimate of drug-likeness (QED) is 0.236. The van der Waals surface area contributed by atoms with Crippen molar-refractivity contribution in [3.05, 3.63) is 114 Å². The van der Waals surface area contributed by atoms with Crippen LogP contribution in [0.3, 0.4) is 0 Å². The minimum atomic E-state index is 0.734. The molecule has 38 heavy (non-hydrogen) atoms. The molecule has 3 heterocycles. The van der Waals surface area contributed by atoms with Crippen LogP contribution >= 0.6 is 11.3 Å². The maximum atomic E-state index is 5.31. The van der Waals surface area contributed by atoms with E-state index in [-0.39, 0.29) is 0 Å². The van der Waals surface area contributed by atoms with E-state index in [4.69, 9.17) is 9.97 Å². The molecule has 4 heteroatoms. The van der Waals surface area contributed by atoms with Crippen LogP contribution in [0.4, 0.5) is 0 Å². The molecule has 0 atom stereocenters. The Morgan fingerprint density at radius 3 is 2.34 bits per heavy atom. The average molecular weight is 504 g/mol. The van der Waals surface area contributed by atoms with Gasteiger partial charge in [0.15, 0.2) is 0 Å². The van der Waals surface area contributed by atoms with Crippen LogP contribution in [-0.4, -0.2) is 14.5 Å². The third kappa shape index (κ3) is 2.67. The van der Waals surface area contributed by atoms with Gasteiger partial charge >= 0.3 is 0 Å². The van der Waals surface area contributed by atoms with Crippen molar-refractivity contribution in [3.63, 3.8) is 0 Å². The summed E-state index contributed by atoms with van der Waals surface area (Å²) in [5, 5.41) is 6.48. The van der Waals surface area contributed by atoms with E-state index in [1.54, 1.807) is 0 Å². The summed E-state index contributed by atoms with van der Waals surface area (Å²) in [6.07, 6.45) is 2.12. The molecule has 178 valence electrons. The molecule has 9 rings (SSSR count). The van der Waals surface area contributed by atoms with Crippen molar-refractivity contribution in [1.82, 2.24) is 14.5 Å². The lowest BCUT2D eigenvalue weighted by atomic mass is 9.90. The van der Waals surface area contributed by atoms with Gasteiger partial charge in [-0.15, -0.1) is 11.3 Å². The summed E-state index contributed by atoms with van der Waals surface area (Å²) < 4.78 is 4.98. The van der Waals surface area contributed by atoms with Gasteiger partial charge in [0.05, 0.1) is 26.9 Å². The van der Waals surface area contributed by atoms with Crippen LogP contribution in [0.5, 0.6) is 0 Å². The predicted octanol–water partition coefficient (Wildman–Crippen LogP) is 8.86. The van der Waals surface area contributed by atoms with Crippen molar-refractivity contribution in [1.29, 1.82) is 0 Å². The molecule has 0 fully saturated rings. The number of para-hydroxylation sites is 1. The molecule has 0 aliphatic heterocycles. The van der Waals surface area contributed by atoms with E-state index in [1.165, 1.54) is 53.1 Å². The van der Waals surface area contributed by atoms with Gasteiger partial charge < -0.3 is 0 Å². The van der Waals surface area contributed by atoms with Gasteiger partial charge in [0.2, 0.25) is 5.95 Å². The largest absolute Gasteiger partial charge is 0.276 e. The zero-order valence-electron chi connectivity index (χ0n) is 20.5. The molecule has 0 bridgehead atoms. The highest BCUT2D eigenvalue weighted by atomic mass is 32.1. The first-order valence-corrected chi connectivity index (χ1v) is 13.9. The fourth-order valence-electron chi connectivity index (χ4n) is 6.43. The van der Waals surface area contributed by atoms with E-state index in [9.17, 15) is 0 Å². The molecule has 0 saturated carbocycles. The second kappa shape index (κ2) is 7.50. The monoisotopic (exact) mass is 503 g/mol. The van der Waals surface area contributed by atoms with Gasteiger partial charge in [-0.2, -0.15) is 0 Å². The first-order valence-electron chi connectivity index (χ1n) is 13.1. The predicted molar refractivity (Wildman–Crippen MR) is 160 cm³/mol. The maximum Gasteiger partial charge on any atom is 0.235 e. The molecule has 0 unspecified atom stereocenters. The standard InChI is InChI=1S/C34H21N3S/c1-2-9-21(10-3-1)31-24-13-4-6-14-26(24)35-34(36-31)37-27-15-8-11-20-17-18-22-19-25-23-12-5-7-16-28(23)38-33(25)32(37)30(22)29(20)27/h1-16,19H,17-18H2. The van der Waals surface area contributed by atoms with Crippen molar-refractivity contribution in [3.8, 4) is 17.2 Å². The highest BCUT2D eigenvalue weighted by Crippen LogP contribution is 2.47. The van der Waals surface area contributed by atoms with Gasteiger partial charge in [-0.3, -0.25) is 4.57 Å². The number of rotatable bonds is 2. The Morgan fingerprint density at radius 1 is 0.632 bits per heavy atom. The molecular formula is C34H21N3S. The maximum absolute atomic E-state index is 5.31. The number of thiophene rings is 1. The van der Waals surface area contributed by atoms with Crippen LogP contribution in [0.2, 0.25) is 0 Å². The average Bonchev–Trinajstić information content (AvgIpc) is 3.53. The number of hydrogen-bond donors (Lipinski definition) is 0. The van der Waals surface area contributed by atoms with Crippen LogP contribution in [0.1, 0.15) is 11.1 Å². The Hall–Kier alpha value is -4.54. The molecule has 0 radical (unpaired) electrons. The summed E-state index contributed by atoms with van der Waals surface area (Å²) >= 11 is 1.88. The number of benzene rings is 5. The molecule has 1 aliphatic rings. The lowest BCUT2D eigenvalue weighted by Crippen LogP contribution is -2.03. The van der Waals surface area contributed by atoms with Crippen molar-refractivity contribution in [2.45, 2.75) is 12.8 Å². The van der Waals surface area contributed by atoms with Gasteiger partial charge in [-0.05, 0) is 48.2 Å². The van der Waals surface area contributed by atoms with E-state index in [0.29, 0.717) is 0 Å². The van der Waals surface area contributed by atoms with Gasteiger partial charge in [-0.25, -0.2) is 9.97 Å². The van der Waals surface area contributed by atoms with E-state index >= 15 is 0 Å². The first kappa shape index (κ1) is 20.5. The molecule has 0 spiro atoms. The molecule has 8 aromatic rings. The summed E-state index contributed by atoms with van der Waals surface area (Å²) in [6.45, 7) is 0. The minimum absolute atomic E-state index is 0.734. The third-order valence-corrected chi connectivity index (χ3v) is 9.26. The van der Waals surface area contributed by atoms with E-state index < -0.39 is 0 Å². The Balaban J connectivity index is 1.51. The van der Waals surface area contributed by atoms with Gasteiger partial charge in [0.25, 0.3) is 0 Å². The van der Waals surface area contributed by atoms with Crippen LogP contribution in [0.25, 0.3) is 70.1 Å². The smallest absolute Gasteiger partial charge is 0.235 e. The van der Waals surface area contributed by atoms with Crippen LogP contribution in [0.15, 0.2) is 103 Å². The zero-order chi connectivity index (χ0) is 24.8. The molecule has 0 saturated heterocycles. The van der Waals surface area contributed by atoms with Crippen molar-refractivity contribution in [2.24, 2.45) is 0 Å². The lowest BCUT2D eigenvalue weighted by Gasteiger charge is -2.13. The normalized spacial score (nSPS) is 13.1. The van der Waals surface area contributed by atoms with Crippen LogP contribution in [0, 0.1) is 0 Å². The molecule has 5 aromatic carbocycles. The number of aromatic nitrogens is 3. The highest BCUT2D eigenvalue weighted by Gasteiger charge is 2.26. The fraction of sp³-hybridized carbons (Fsp3) is 0.0588. The van der Waals surface area contributed by atoms with E-state index in [1.807, 2.05) is 11.3 Å². The van der Waals surface area contributed by atoms with E-state index in [2.05, 4.69) is 108 Å². The summed E-state index contributed by atoms with van der Waals surface area (Å²) in [6, 6.07) is 36.8. The minimum Gasteiger partial charge on any atom is -0.276 e. The molecule has 3 aromatic heterocycles. The van der Waals surface area contributed by atoms with Crippen molar-refractivity contribution < 1.29 is 0 Å². The number of nitrogens with zero attached hydrogens (tertiary/aromatic N) is 3. The number of hydrogen-bond acceptors (Lipinski definition) is 3. The molecular weight excluding hydrogens is 482 g/mol. The zero-order valence-corrected chi connectivity index (χ0v) is 21.3. The summed E-state index contributed by atoms with van der Waals surface area (Å²) in [5.74, 6) is 0.734. The van der Waals surface area contributed by atoms with Gasteiger partial charge in [-0.1, -0.05) is 78.9 Å². The summed E-state index contributed by atoms with van der Waals surface area (Å²) in [5.41, 5.74) is 8.32.